The van der Waals surface area contributed by atoms with Gasteiger partial charge < -0.3 is 10.5 Å². The van der Waals surface area contributed by atoms with Gasteiger partial charge >= 0.3 is 0 Å². The van der Waals surface area contributed by atoms with Crippen LogP contribution in [0.4, 0.5) is 10.1 Å². The Hall–Kier alpha value is -1.44. The second kappa shape index (κ2) is 6.48. The van der Waals surface area contributed by atoms with Gasteiger partial charge in [-0.1, -0.05) is 6.08 Å². The molecule has 1 aromatic rings. The Balaban J connectivity index is 2.65. The van der Waals surface area contributed by atoms with Crippen LogP contribution in [0.25, 0.3) is 0 Å². The molecule has 3 N–H and O–H groups in total. The van der Waals surface area contributed by atoms with E-state index >= 15 is 0 Å². The SMILES string of the molecule is C=CCOCCNS(=O)(=O)c1ccc(F)cc1N. The number of rotatable bonds is 7. The van der Waals surface area contributed by atoms with Crippen molar-refractivity contribution >= 4 is 15.7 Å². The van der Waals surface area contributed by atoms with Crippen molar-refractivity contribution in [3.63, 3.8) is 0 Å². The second-order valence-electron chi connectivity index (χ2n) is 3.44. The smallest absolute Gasteiger partial charge is 0.242 e. The first-order valence-electron chi connectivity index (χ1n) is 5.20. The van der Waals surface area contributed by atoms with Crippen LogP contribution in [-0.2, 0) is 14.8 Å². The van der Waals surface area contributed by atoms with Crippen molar-refractivity contribution in [2.24, 2.45) is 0 Å². The van der Waals surface area contributed by atoms with Crippen molar-refractivity contribution in [2.45, 2.75) is 4.90 Å². The van der Waals surface area contributed by atoms with Gasteiger partial charge in [-0.25, -0.2) is 17.5 Å². The lowest BCUT2D eigenvalue weighted by molar-refractivity contribution is 0.168. The number of sulfonamides is 1. The van der Waals surface area contributed by atoms with E-state index in [-0.39, 0.29) is 23.7 Å². The van der Waals surface area contributed by atoms with Crippen LogP contribution in [0.2, 0.25) is 0 Å². The second-order valence-corrected chi connectivity index (χ2v) is 5.18. The number of hydrogen-bond acceptors (Lipinski definition) is 4. The van der Waals surface area contributed by atoms with Crippen molar-refractivity contribution in [1.29, 1.82) is 0 Å². The molecule has 0 saturated heterocycles. The van der Waals surface area contributed by atoms with Crippen molar-refractivity contribution in [2.75, 3.05) is 25.5 Å². The molecule has 18 heavy (non-hydrogen) atoms. The fraction of sp³-hybridized carbons (Fsp3) is 0.273. The van der Waals surface area contributed by atoms with Crippen LogP contribution < -0.4 is 10.5 Å². The summed E-state index contributed by atoms with van der Waals surface area (Å²) in [7, 11) is -3.74. The van der Waals surface area contributed by atoms with Crippen LogP contribution in [0.5, 0.6) is 0 Å². The Morgan fingerprint density at radius 3 is 2.83 bits per heavy atom. The normalized spacial score (nSPS) is 11.4. The number of hydrogen-bond donors (Lipinski definition) is 2. The number of anilines is 1. The maximum Gasteiger partial charge on any atom is 0.242 e. The lowest BCUT2D eigenvalue weighted by atomic mass is 10.3. The molecule has 1 aromatic carbocycles. The number of ether oxygens (including phenoxy) is 1. The van der Waals surface area contributed by atoms with Crippen LogP contribution in [-0.4, -0.2) is 28.2 Å². The first-order valence-corrected chi connectivity index (χ1v) is 6.69. The van der Waals surface area contributed by atoms with Crippen LogP contribution in [0.1, 0.15) is 0 Å². The van der Waals surface area contributed by atoms with E-state index in [2.05, 4.69) is 11.3 Å². The predicted octanol–water partition coefficient (Wildman–Crippen LogP) is 0.889. The molecule has 0 spiro atoms. The third-order valence-electron chi connectivity index (χ3n) is 2.04. The molecule has 0 atom stereocenters. The zero-order valence-corrected chi connectivity index (χ0v) is 10.5. The van der Waals surface area contributed by atoms with Crippen molar-refractivity contribution < 1.29 is 17.5 Å². The molecule has 0 aliphatic carbocycles. The summed E-state index contributed by atoms with van der Waals surface area (Å²) in [6, 6.07) is 3.12. The molecule has 1 rings (SSSR count). The molecule has 0 fully saturated rings. The Morgan fingerprint density at radius 1 is 1.50 bits per heavy atom. The molecule has 0 heterocycles. The number of nitrogens with two attached hydrogens (primary N) is 1. The molecule has 0 aliphatic heterocycles. The highest BCUT2D eigenvalue weighted by atomic mass is 32.2. The molecular weight excluding hydrogens is 259 g/mol. The topological polar surface area (TPSA) is 81.4 Å². The van der Waals surface area contributed by atoms with Crippen LogP contribution in [0, 0.1) is 5.82 Å². The Labute approximate surface area is 105 Å². The van der Waals surface area contributed by atoms with Crippen LogP contribution in [0.15, 0.2) is 35.7 Å². The Morgan fingerprint density at radius 2 is 2.22 bits per heavy atom. The molecule has 0 radical (unpaired) electrons. The largest absolute Gasteiger partial charge is 0.398 e. The van der Waals surface area contributed by atoms with Gasteiger partial charge in [-0.15, -0.1) is 6.58 Å². The first kappa shape index (κ1) is 14.6. The maximum atomic E-state index is 12.8. The van der Waals surface area contributed by atoms with E-state index in [1.165, 1.54) is 0 Å². The lowest BCUT2D eigenvalue weighted by Crippen LogP contribution is -2.28. The van der Waals surface area contributed by atoms with E-state index in [0.717, 1.165) is 18.2 Å². The fourth-order valence-corrected chi connectivity index (χ4v) is 2.38. The van der Waals surface area contributed by atoms with E-state index < -0.39 is 15.8 Å². The van der Waals surface area contributed by atoms with E-state index in [1.54, 1.807) is 6.08 Å². The summed E-state index contributed by atoms with van der Waals surface area (Å²) >= 11 is 0. The first-order chi connectivity index (χ1) is 8.47. The monoisotopic (exact) mass is 274 g/mol. The highest BCUT2D eigenvalue weighted by Gasteiger charge is 2.16. The Bertz CT molecular complexity index is 517. The molecule has 7 heteroatoms. The number of nitrogens with one attached hydrogen (secondary N) is 1. The van der Waals surface area contributed by atoms with Crippen molar-refractivity contribution in [3.05, 3.63) is 36.7 Å². The van der Waals surface area contributed by atoms with Gasteiger partial charge in [0, 0.05) is 6.54 Å². The number of benzene rings is 1. The van der Waals surface area contributed by atoms with Gasteiger partial charge in [0.2, 0.25) is 10.0 Å². The molecule has 100 valence electrons. The van der Waals surface area contributed by atoms with E-state index in [0.29, 0.717) is 6.61 Å². The minimum absolute atomic E-state index is 0.104. The maximum absolute atomic E-state index is 12.8. The molecule has 0 bridgehead atoms. The Kier molecular flexibility index (Phi) is 5.26. The summed E-state index contributed by atoms with van der Waals surface area (Å²) in [5.74, 6) is -0.583. The standard InChI is InChI=1S/C11H15FN2O3S/c1-2-6-17-7-5-14-18(15,16)11-4-3-9(12)8-10(11)13/h2-4,8,14H,1,5-7,13H2. The molecule has 0 unspecified atom stereocenters. The highest BCUT2D eigenvalue weighted by Crippen LogP contribution is 2.18. The van der Waals surface area contributed by atoms with Crippen molar-refractivity contribution in [1.82, 2.24) is 4.72 Å². The lowest BCUT2D eigenvalue weighted by Gasteiger charge is -2.09. The zero-order chi connectivity index (χ0) is 13.6. The van der Waals surface area contributed by atoms with E-state index in [9.17, 15) is 12.8 Å². The van der Waals surface area contributed by atoms with Crippen LogP contribution in [0.3, 0.4) is 0 Å². The number of halogens is 1. The summed E-state index contributed by atoms with van der Waals surface area (Å²) in [5, 5.41) is 0. The van der Waals surface area contributed by atoms with Crippen molar-refractivity contribution in [3.8, 4) is 0 Å². The molecule has 0 saturated carbocycles. The zero-order valence-electron chi connectivity index (χ0n) is 9.73. The average molecular weight is 274 g/mol. The fourth-order valence-electron chi connectivity index (χ4n) is 1.26. The number of nitrogen functional groups attached to an aromatic ring is 1. The average Bonchev–Trinajstić information content (AvgIpc) is 2.28. The summed E-state index contributed by atoms with van der Waals surface area (Å²) in [5.41, 5.74) is 5.33. The van der Waals surface area contributed by atoms with Gasteiger partial charge in [0.15, 0.2) is 0 Å². The van der Waals surface area contributed by atoms with Gasteiger partial charge in [-0.3, -0.25) is 0 Å². The van der Waals surface area contributed by atoms with Gasteiger partial charge in [0.1, 0.15) is 10.7 Å². The van der Waals surface area contributed by atoms with E-state index in [4.69, 9.17) is 10.5 Å². The predicted molar refractivity (Wildman–Crippen MR) is 67.0 cm³/mol. The quantitative estimate of drug-likeness (QED) is 0.439. The van der Waals surface area contributed by atoms with Crippen LogP contribution >= 0.6 is 0 Å². The molecule has 0 aliphatic rings. The van der Waals surface area contributed by atoms with Gasteiger partial charge in [0.25, 0.3) is 0 Å². The molecule has 0 aromatic heterocycles. The highest BCUT2D eigenvalue weighted by molar-refractivity contribution is 7.89. The van der Waals surface area contributed by atoms with Gasteiger partial charge in [-0.05, 0) is 18.2 Å². The molecule has 0 amide bonds. The minimum atomic E-state index is -3.74. The summed E-state index contributed by atoms with van der Waals surface area (Å²) < 4.78 is 43.8. The van der Waals surface area contributed by atoms with E-state index in [1.807, 2.05) is 0 Å². The summed E-state index contributed by atoms with van der Waals surface area (Å²) in [6.45, 7) is 4.13. The minimum Gasteiger partial charge on any atom is -0.398 e. The third-order valence-corrected chi connectivity index (χ3v) is 3.57. The third kappa shape index (κ3) is 4.10. The van der Waals surface area contributed by atoms with Gasteiger partial charge in [-0.2, -0.15) is 0 Å². The summed E-state index contributed by atoms with van der Waals surface area (Å²) in [4.78, 5) is -0.146. The summed E-state index contributed by atoms with van der Waals surface area (Å²) in [6.07, 6.45) is 1.56. The molecular formula is C11H15FN2O3S. The molecule has 5 nitrogen and oxygen atoms in total. The van der Waals surface area contributed by atoms with Gasteiger partial charge in [0.05, 0.1) is 18.9 Å².